The number of para-hydroxylation sites is 3. The van der Waals surface area contributed by atoms with E-state index in [9.17, 15) is 0 Å². The molecule has 5 nitrogen and oxygen atoms in total. The molecular formula is C48H29N3O2. The smallest absolute Gasteiger partial charge is 0.137 e. The standard InChI is InChI=1S/C48H29N3O2/c49-30-17-20-46-38(23-30)40-25-37-35-22-29(16-19-42(35)51(32-11-5-2-6-12-32)44(37)27-48(40)53-46)28-15-18-41-34(21-28)36-24-39-33-13-7-8-14-45(33)52-47(39)26-43(36)50(41)31-9-3-1-4-10-31/h1-27H,49H2. The highest BCUT2D eigenvalue weighted by Crippen LogP contribution is 2.42. The minimum absolute atomic E-state index is 0.722. The Balaban J connectivity index is 1.13. The highest BCUT2D eigenvalue weighted by molar-refractivity contribution is 6.20. The van der Waals surface area contributed by atoms with Crippen LogP contribution in [0, 0.1) is 0 Å². The van der Waals surface area contributed by atoms with Gasteiger partial charge in [-0.15, -0.1) is 0 Å². The molecule has 4 heterocycles. The van der Waals surface area contributed by atoms with Crippen molar-refractivity contribution in [1.82, 2.24) is 9.13 Å². The second kappa shape index (κ2) is 10.4. The zero-order valence-corrected chi connectivity index (χ0v) is 28.4. The molecule has 0 aliphatic rings. The number of fused-ring (bicyclic) bond motifs is 12. The zero-order chi connectivity index (χ0) is 34.8. The Morgan fingerprint density at radius 1 is 0.321 bits per heavy atom. The number of hydrogen-bond donors (Lipinski definition) is 1. The lowest BCUT2D eigenvalue weighted by Gasteiger charge is -2.09. The van der Waals surface area contributed by atoms with Crippen molar-refractivity contribution in [3.63, 3.8) is 0 Å². The van der Waals surface area contributed by atoms with Gasteiger partial charge in [0.25, 0.3) is 0 Å². The predicted octanol–water partition coefficient (Wildman–Crippen LogP) is 12.9. The highest BCUT2D eigenvalue weighted by Gasteiger charge is 2.20. The Hall–Kier alpha value is -7.24. The molecule has 53 heavy (non-hydrogen) atoms. The number of nitrogens with two attached hydrogens (primary N) is 1. The predicted molar refractivity (Wildman–Crippen MR) is 220 cm³/mol. The molecule has 8 aromatic carbocycles. The number of nitrogen functional groups attached to an aromatic ring is 1. The Bertz CT molecular complexity index is 3450. The van der Waals surface area contributed by atoms with Crippen molar-refractivity contribution in [3.05, 3.63) is 164 Å². The van der Waals surface area contributed by atoms with Crippen LogP contribution in [0.25, 0.3) is 110 Å². The molecule has 0 unspecified atom stereocenters. The molecule has 0 fully saturated rings. The molecule has 0 aliphatic heterocycles. The quantitative estimate of drug-likeness (QED) is 0.189. The van der Waals surface area contributed by atoms with E-state index in [0.717, 1.165) is 94.1 Å². The molecule has 0 spiro atoms. The van der Waals surface area contributed by atoms with E-state index in [1.807, 2.05) is 30.3 Å². The van der Waals surface area contributed by atoms with Gasteiger partial charge in [-0.3, -0.25) is 0 Å². The lowest BCUT2D eigenvalue weighted by Crippen LogP contribution is -1.93. The lowest BCUT2D eigenvalue weighted by molar-refractivity contribution is 0.669. The first-order valence-corrected chi connectivity index (χ1v) is 17.9. The maximum Gasteiger partial charge on any atom is 0.137 e. The van der Waals surface area contributed by atoms with E-state index in [1.54, 1.807) is 0 Å². The number of anilines is 1. The van der Waals surface area contributed by atoms with E-state index in [0.29, 0.717) is 0 Å². The van der Waals surface area contributed by atoms with Crippen LogP contribution in [0.5, 0.6) is 0 Å². The van der Waals surface area contributed by atoms with Crippen LogP contribution in [0.4, 0.5) is 5.69 Å². The van der Waals surface area contributed by atoms with Crippen LogP contribution in [0.1, 0.15) is 0 Å². The Morgan fingerprint density at radius 2 is 0.792 bits per heavy atom. The third-order valence-corrected chi connectivity index (χ3v) is 11.0. The summed E-state index contributed by atoms with van der Waals surface area (Å²) in [6.07, 6.45) is 0. The minimum atomic E-state index is 0.722. The molecule has 12 aromatic rings. The summed E-state index contributed by atoms with van der Waals surface area (Å²) >= 11 is 0. The van der Waals surface area contributed by atoms with Gasteiger partial charge in [0.15, 0.2) is 0 Å². The topological polar surface area (TPSA) is 62.2 Å². The van der Waals surface area contributed by atoms with E-state index in [2.05, 4.69) is 143 Å². The van der Waals surface area contributed by atoms with Gasteiger partial charge >= 0.3 is 0 Å². The van der Waals surface area contributed by atoms with E-state index in [1.165, 1.54) is 21.5 Å². The minimum Gasteiger partial charge on any atom is -0.456 e. The number of furan rings is 2. The number of hydrogen-bond acceptors (Lipinski definition) is 3. The molecule has 248 valence electrons. The molecule has 0 saturated heterocycles. The molecular weight excluding hydrogens is 651 g/mol. The van der Waals surface area contributed by atoms with Gasteiger partial charge < -0.3 is 23.7 Å². The number of nitrogens with zero attached hydrogens (tertiary/aromatic N) is 2. The van der Waals surface area contributed by atoms with Crippen molar-refractivity contribution < 1.29 is 8.83 Å². The third kappa shape index (κ3) is 4.02. The largest absolute Gasteiger partial charge is 0.456 e. The van der Waals surface area contributed by atoms with Crippen LogP contribution >= 0.6 is 0 Å². The third-order valence-electron chi connectivity index (χ3n) is 11.0. The summed E-state index contributed by atoms with van der Waals surface area (Å²) in [4.78, 5) is 0. The van der Waals surface area contributed by atoms with E-state index in [4.69, 9.17) is 14.6 Å². The Morgan fingerprint density at radius 3 is 1.38 bits per heavy atom. The van der Waals surface area contributed by atoms with Gasteiger partial charge in [-0.05, 0) is 96.1 Å². The normalized spacial score (nSPS) is 12.2. The average molecular weight is 680 g/mol. The van der Waals surface area contributed by atoms with Gasteiger partial charge in [0.05, 0.1) is 22.1 Å². The van der Waals surface area contributed by atoms with Crippen LogP contribution < -0.4 is 5.73 Å². The van der Waals surface area contributed by atoms with E-state index >= 15 is 0 Å². The summed E-state index contributed by atoms with van der Waals surface area (Å²) in [5, 5.41) is 9.08. The summed E-state index contributed by atoms with van der Waals surface area (Å²) in [7, 11) is 0. The molecule has 0 atom stereocenters. The first-order valence-electron chi connectivity index (χ1n) is 17.9. The van der Waals surface area contributed by atoms with Crippen molar-refractivity contribution >= 4 is 93.2 Å². The first-order chi connectivity index (χ1) is 26.2. The molecule has 0 amide bonds. The Labute approximate surface area is 302 Å². The van der Waals surface area contributed by atoms with Crippen LogP contribution in [-0.4, -0.2) is 9.13 Å². The van der Waals surface area contributed by atoms with E-state index in [-0.39, 0.29) is 0 Å². The highest BCUT2D eigenvalue weighted by atomic mass is 16.3. The fourth-order valence-electron chi connectivity index (χ4n) is 8.61. The monoisotopic (exact) mass is 679 g/mol. The number of benzene rings is 8. The summed E-state index contributed by atoms with van der Waals surface area (Å²) in [5.74, 6) is 0. The van der Waals surface area contributed by atoms with Gasteiger partial charge in [-0.25, -0.2) is 0 Å². The molecule has 12 rings (SSSR count). The fourth-order valence-corrected chi connectivity index (χ4v) is 8.61. The molecule has 2 N–H and O–H groups in total. The van der Waals surface area contributed by atoms with Gasteiger partial charge in [-0.2, -0.15) is 0 Å². The van der Waals surface area contributed by atoms with Gasteiger partial charge in [0, 0.05) is 72.3 Å². The van der Waals surface area contributed by atoms with Gasteiger partial charge in [-0.1, -0.05) is 66.7 Å². The molecule has 0 radical (unpaired) electrons. The fraction of sp³-hybridized carbons (Fsp3) is 0. The van der Waals surface area contributed by atoms with Crippen molar-refractivity contribution in [3.8, 4) is 22.5 Å². The summed E-state index contributed by atoms with van der Waals surface area (Å²) in [6, 6.07) is 58.0. The zero-order valence-electron chi connectivity index (χ0n) is 28.4. The van der Waals surface area contributed by atoms with Crippen LogP contribution in [0.3, 0.4) is 0 Å². The summed E-state index contributed by atoms with van der Waals surface area (Å²) in [5.41, 5.74) is 19.5. The van der Waals surface area contributed by atoms with E-state index < -0.39 is 0 Å². The molecule has 0 saturated carbocycles. The first kappa shape index (κ1) is 28.5. The summed E-state index contributed by atoms with van der Waals surface area (Å²) < 4.78 is 17.4. The molecule has 4 aromatic heterocycles. The maximum absolute atomic E-state index is 6.37. The van der Waals surface area contributed by atoms with Gasteiger partial charge in [0.2, 0.25) is 0 Å². The Kier molecular flexibility index (Phi) is 5.59. The maximum atomic E-state index is 6.37. The molecule has 5 heteroatoms. The summed E-state index contributed by atoms with van der Waals surface area (Å²) in [6.45, 7) is 0. The van der Waals surface area contributed by atoms with Crippen LogP contribution in [0.2, 0.25) is 0 Å². The van der Waals surface area contributed by atoms with Crippen molar-refractivity contribution in [2.24, 2.45) is 0 Å². The SMILES string of the molecule is Nc1ccc2oc3cc4c(cc3c2c1)c1cc(-c2ccc3c(c2)c2cc5c(cc2n3-c2ccccc2)oc2ccccc25)ccc1n4-c1ccccc1. The second-order valence-electron chi connectivity index (χ2n) is 14.0. The average Bonchev–Trinajstić information content (AvgIpc) is 3.93. The van der Waals surface area contributed by atoms with Crippen LogP contribution in [0.15, 0.2) is 173 Å². The molecule has 0 aliphatic carbocycles. The van der Waals surface area contributed by atoms with Gasteiger partial charge in [0.1, 0.15) is 22.3 Å². The number of rotatable bonds is 3. The second-order valence-corrected chi connectivity index (χ2v) is 14.0. The van der Waals surface area contributed by atoms with Crippen LogP contribution in [-0.2, 0) is 0 Å². The number of aromatic nitrogens is 2. The molecule has 0 bridgehead atoms. The van der Waals surface area contributed by atoms with Crippen molar-refractivity contribution in [2.75, 3.05) is 5.73 Å². The lowest BCUT2D eigenvalue weighted by atomic mass is 10.00. The van der Waals surface area contributed by atoms with Crippen molar-refractivity contribution in [2.45, 2.75) is 0 Å². The van der Waals surface area contributed by atoms with Crippen molar-refractivity contribution in [1.29, 1.82) is 0 Å².